The largest absolute Gasteiger partial charge is 0.465 e. The molecule has 6 nitrogen and oxygen atoms in total. The number of amides is 1. The number of carbonyl (C=O) groups excluding carboxylic acids is 1. The van der Waals surface area contributed by atoms with Crippen LogP contribution in [0.15, 0.2) is 34.7 Å². The summed E-state index contributed by atoms with van der Waals surface area (Å²) in [5, 5.41) is 11.3. The second kappa shape index (κ2) is 5.78. The average Bonchev–Trinajstić information content (AvgIpc) is 3.23. The zero-order valence-electron chi connectivity index (χ0n) is 13.8. The quantitative estimate of drug-likeness (QED) is 0.783. The molecule has 4 rings (SSSR count). The lowest BCUT2D eigenvalue weighted by Gasteiger charge is -2.13. The number of aromatic nitrogens is 3. The first kappa shape index (κ1) is 14.9. The van der Waals surface area contributed by atoms with Gasteiger partial charge in [-0.05, 0) is 44.9 Å². The molecule has 0 spiro atoms. The van der Waals surface area contributed by atoms with Crippen molar-refractivity contribution in [3.05, 3.63) is 47.4 Å². The molecule has 0 aliphatic heterocycles. The van der Waals surface area contributed by atoms with Crippen LogP contribution in [0.4, 0.5) is 0 Å². The summed E-state index contributed by atoms with van der Waals surface area (Å²) < 4.78 is 7.53. The fraction of sp³-hybridized carbons (Fsp3) is 0.389. The van der Waals surface area contributed by atoms with E-state index in [0.29, 0.717) is 23.8 Å². The van der Waals surface area contributed by atoms with Gasteiger partial charge in [0.25, 0.3) is 5.91 Å². The van der Waals surface area contributed by atoms with Crippen LogP contribution in [0.5, 0.6) is 0 Å². The van der Waals surface area contributed by atoms with E-state index in [1.54, 1.807) is 0 Å². The van der Waals surface area contributed by atoms with Crippen LogP contribution in [0.1, 0.15) is 47.6 Å². The lowest BCUT2D eigenvalue weighted by Crippen LogP contribution is -2.36. The van der Waals surface area contributed by atoms with E-state index in [1.165, 1.54) is 0 Å². The summed E-state index contributed by atoms with van der Waals surface area (Å²) in [7, 11) is 0. The lowest BCUT2D eigenvalue weighted by atomic mass is 10.2. The number of rotatable bonds is 5. The number of hydrogen-bond acceptors (Lipinski definition) is 4. The van der Waals surface area contributed by atoms with Gasteiger partial charge < -0.3 is 9.73 Å². The van der Waals surface area contributed by atoms with Crippen molar-refractivity contribution in [2.75, 3.05) is 0 Å². The molecular weight excluding hydrogens is 304 g/mol. The summed E-state index contributed by atoms with van der Waals surface area (Å²) in [6.45, 7) is 4.38. The molecule has 0 radical (unpaired) electrons. The summed E-state index contributed by atoms with van der Waals surface area (Å²) in [5.74, 6) is 2.03. The van der Waals surface area contributed by atoms with Crippen molar-refractivity contribution < 1.29 is 9.21 Å². The molecule has 0 saturated heterocycles. The Morgan fingerprint density at radius 3 is 3.00 bits per heavy atom. The molecule has 1 aliphatic carbocycles. The van der Waals surface area contributed by atoms with Crippen molar-refractivity contribution in [3.8, 4) is 0 Å². The smallest absolute Gasteiger partial charge is 0.255 e. The van der Waals surface area contributed by atoms with Gasteiger partial charge >= 0.3 is 0 Å². The van der Waals surface area contributed by atoms with Gasteiger partial charge in [-0.2, -0.15) is 0 Å². The second-order valence-corrected chi connectivity index (χ2v) is 6.53. The summed E-state index contributed by atoms with van der Waals surface area (Å²) in [5.41, 5.74) is 2.46. The van der Waals surface area contributed by atoms with Crippen LogP contribution in [-0.4, -0.2) is 26.9 Å². The third kappa shape index (κ3) is 2.79. The molecule has 1 aliphatic rings. The lowest BCUT2D eigenvalue weighted by molar-refractivity contribution is 0.0934. The molecule has 2 aromatic heterocycles. The Bertz CT molecular complexity index is 891. The van der Waals surface area contributed by atoms with Crippen LogP contribution < -0.4 is 5.32 Å². The number of fused-ring (bicyclic) bond motifs is 1. The highest BCUT2D eigenvalue weighted by molar-refractivity contribution is 5.95. The van der Waals surface area contributed by atoms with Gasteiger partial charge in [0, 0.05) is 12.0 Å². The van der Waals surface area contributed by atoms with E-state index >= 15 is 0 Å². The Morgan fingerprint density at radius 2 is 2.21 bits per heavy atom. The predicted octanol–water partition coefficient (Wildman–Crippen LogP) is 3.03. The number of para-hydroxylation sites is 1. The van der Waals surface area contributed by atoms with E-state index in [1.807, 2.05) is 48.9 Å². The molecule has 1 fully saturated rings. The van der Waals surface area contributed by atoms with Gasteiger partial charge in [-0.3, -0.25) is 4.79 Å². The van der Waals surface area contributed by atoms with Crippen molar-refractivity contribution in [1.29, 1.82) is 0 Å². The van der Waals surface area contributed by atoms with Gasteiger partial charge in [-0.25, -0.2) is 4.68 Å². The topological polar surface area (TPSA) is 73.0 Å². The second-order valence-electron chi connectivity index (χ2n) is 6.53. The minimum atomic E-state index is -0.0972. The molecule has 6 heteroatoms. The molecular formula is C18H20N4O2. The number of nitrogens with one attached hydrogen (secondary N) is 1. The fourth-order valence-electron chi connectivity index (χ4n) is 2.96. The molecule has 3 aromatic rings. The molecule has 2 heterocycles. The molecule has 0 unspecified atom stereocenters. The predicted molar refractivity (Wildman–Crippen MR) is 89.9 cm³/mol. The van der Waals surface area contributed by atoms with Crippen molar-refractivity contribution in [2.45, 2.75) is 45.2 Å². The van der Waals surface area contributed by atoms with Gasteiger partial charge in [0.1, 0.15) is 17.0 Å². The third-order valence-electron chi connectivity index (χ3n) is 4.41. The minimum Gasteiger partial charge on any atom is -0.465 e. The first-order valence-electron chi connectivity index (χ1n) is 8.31. The molecule has 1 aromatic carbocycles. The Labute approximate surface area is 139 Å². The van der Waals surface area contributed by atoms with E-state index < -0.39 is 0 Å². The van der Waals surface area contributed by atoms with Gasteiger partial charge in [0.05, 0.1) is 17.6 Å². The van der Waals surface area contributed by atoms with Crippen LogP contribution in [0, 0.1) is 6.92 Å². The Morgan fingerprint density at radius 1 is 1.42 bits per heavy atom. The Kier molecular flexibility index (Phi) is 3.59. The molecule has 124 valence electrons. The standard InChI is InChI=1S/C18H20N4O2/c1-11(10-22-16-6-4-3-5-15(16)20-21-22)19-18(23)14-9-17(13-7-8-13)24-12(14)2/h3-6,9,11,13H,7-8,10H2,1-2H3,(H,19,23)/t11-/m0/s1. The van der Waals surface area contributed by atoms with Gasteiger partial charge in [0.2, 0.25) is 0 Å². The number of hydrogen-bond donors (Lipinski definition) is 1. The summed E-state index contributed by atoms with van der Waals surface area (Å²) in [4.78, 5) is 12.5. The highest BCUT2D eigenvalue weighted by atomic mass is 16.3. The van der Waals surface area contributed by atoms with E-state index in [0.717, 1.165) is 29.6 Å². The highest BCUT2D eigenvalue weighted by Gasteiger charge is 2.29. The van der Waals surface area contributed by atoms with Crippen LogP contribution in [0.25, 0.3) is 11.0 Å². The van der Waals surface area contributed by atoms with Crippen LogP contribution in [0.2, 0.25) is 0 Å². The number of benzene rings is 1. The SMILES string of the molecule is Cc1oc(C2CC2)cc1C(=O)N[C@@H](C)Cn1nnc2ccccc21. The zero-order valence-corrected chi connectivity index (χ0v) is 13.8. The molecule has 0 bridgehead atoms. The first-order chi connectivity index (χ1) is 11.6. The fourth-order valence-corrected chi connectivity index (χ4v) is 2.96. The molecule has 1 atom stereocenters. The van der Waals surface area contributed by atoms with Gasteiger partial charge in [-0.15, -0.1) is 5.10 Å². The third-order valence-corrected chi connectivity index (χ3v) is 4.41. The van der Waals surface area contributed by atoms with E-state index in [4.69, 9.17) is 4.42 Å². The molecule has 1 N–H and O–H groups in total. The minimum absolute atomic E-state index is 0.0683. The monoisotopic (exact) mass is 324 g/mol. The summed E-state index contributed by atoms with van der Waals surface area (Å²) >= 11 is 0. The van der Waals surface area contributed by atoms with Crippen molar-refractivity contribution in [3.63, 3.8) is 0 Å². The number of aryl methyl sites for hydroxylation is 1. The van der Waals surface area contributed by atoms with E-state index in [2.05, 4.69) is 15.6 Å². The summed E-state index contributed by atoms with van der Waals surface area (Å²) in [6, 6.07) is 9.62. The average molecular weight is 324 g/mol. The van der Waals surface area contributed by atoms with Crippen molar-refractivity contribution in [1.82, 2.24) is 20.3 Å². The molecule has 24 heavy (non-hydrogen) atoms. The van der Waals surface area contributed by atoms with Crippen molar-refractivity contribution in [2.24, 2.45) is 0 Å². The maximum atomic E-state index is 12.5. The number of nitrogens with zero attached hydrogens (tertiary/aromatic N) is 3. The Balaban J connectivity index is 1.45. The first-order valence-corrected chi connectivity index (χ1v) is 8.31. The van der Waals surface area contributed by atoms with Gasteiger partial charge in [-0.1, -0.05) is 17.3 Å². The number of carbonyl (C=O) groups is 1. The van der Waals surface area contributed by atoms with Crippen LogP contribution in [0.3, 0.4) is 0 Å². The Hall–Kier alpha value is -2.63. The maximum Gasteiger partial charge on any atom is 0.255 e. The van der Waals surface area contributed by atoms with E-state index in [-0.39, 0.29) is 11.9 Å². The molecule has 1 amide bonds. The van der Waals surface area contributed by atoms with Crippen LogP contribution in [-0.2, 0) is 6.54 Å². The normalized spacial score (nSPS) is 15.6. The maximum absolute atomic E-state index is 12.5. The van der Waals surface area contributed by atoms with E-state index in [9.17, 15) is 4.79 Å². The van der Waals surface area contributed by atoms with Crippen molar-refractivity contribution >= 4 is 16.9 Å². The highest BCUT2D eigenvalue weighted by Crippen LogP contribution is 2.41. The van der Waals surface area contributed by atoms with Crippen LogP contribution >= 0.6 is 0 Å². The van der Waals surface area contributed by atoms with Gasteiger partial charge in [0.15, 0.2) is 0 Å². The zero-order chi connectivity index (χ0) is 16.7. The number of furan rings is 1. The molecule has 1 saturated carbocycles. The summed E-state index contributed by atoms with van der Waals surface area (Å²) in [6.07, 6.45) is 2.31.